The van der Waals surface area contributed by atoms with E-state index in [1.807, 2.05) is 18.7 Å². The van der Waals surface area contributed by atoms with Gasteiger partial charge >= 0.3 is 6.18 Å². The lowest BCUT2D eigenvalue weighted by Crippen LogP contribution is -2.42. The van der Waals surface area contributed by atoms with Gasteiger partial charge in [0.2, 0.25) is 0 Å². The number of aromatic nitrogens is 4. The molecule has 2 unspecified atom stereocenters. The van der Waals surface area contributed by atoms with Crippen LogP contribution in [0.2, 0.25) is 0 Å². The molecule has 4 nitrogen and oxygen atoms in total. The van der Waals surface area contributed by atoms with Gasteiger partial charge < -0.3 is 0 Å². The van der Waals surface area contributed by atoms with Crippen LogP contribution in [0.3, 0.4) is 0 Å². The van der Waals surface area contributed by atoms with Gasteiger partial charge in [-0.1, -0.05) is 0 Å². The van der Waals surface area contributed by atoms with Gasteiger partial charge in [0.05, 0.1) is 24.9 Å². The zero-order chi connectivity index (χ0) is 15.5. The van der Waals surface area contributed by atoms with Crippen molar-refractivity contribution in [1.29, 1.82) is 0 Å². The minimum Gasteiger partial charge on any atom is -0.272 e. The molecule has 1 fully saturated rings. The Labute approximate surface area is 120 Å². The number of hydrogen-bond acceptors (Lipinski definition) is 1. The summed E-state index contributed by atoms with van der Waals surface area (Å²) in [5.74, 6) is 0.233. The highest BCUT2D eigenvalue weighted by atomic mass is 19.4. The number of alkyl halides is 3. The van der Waals surface area contributed by atoms with E-state index in [1.165, 1.54) is 18.7 Å². The standard InChI is InChI=1S/C14H18F3N4/c1-8-6-18-19(3)12(8)10-5-11(10)21-7-9(2)13(20(21)4)14(15,16)17/h6-7,10-11H,5H2,1-4H3/q+1. The number of hydrogen-bond donors (Lipinski definition) is 0. The molecular formula is C14H18F3N4+. The Hall–Kier alpha value is -1.79. The van der Waals surface area contributed by atoms with Gasteiger partial charge in [0, 0.05) is 19.0 Å². The lowest BCUT2D eigenvalue weighted by atomic mass is 10.2. The highest BCUT2D eigenvalue weighted by molar-refractivity contribution is 5.26. The second kappa shape index (κ2) is 4.35. The molecule has 0 N–H and O–H groups in total. The van der Waals surface area contributed by atoms with Crippen molar-refractivity contribution in [3.63, 3.8) is 0 Å². The molecule has 0 aliphatic heterocycles. The SMILES string of the molecule is Cc1cnn(C)c1C1CC1[n+]1cc(C)c(C(F)(F)F)n1C. The fourth-order valence-electron chi connectivity index (χ4n) is 3.30. The maximum Gasteiger partial charge on any atom is 0.437 e. The number of rotatable bonds is 2. The molecule has 114 valence electrons. The Morgan fingerprint density at radius 2 is 1.90 bits per heavy atom. The Morgan fingerprint density at radius 1 is 1.24 bits per heavy atom. The van der Waals surface area contributed by atoms with Gasteiger partial charge in [-0.3, -0.25) is 4.68 Å². The molecule has 2 atom stereocenters. The first kappa shape index (κ1) is 14.2. The van der Waals surface area contributed by atoms with E-state index < -0.39 is 11.9 Å². The van der Waals surface area contributed by atoms with Crippen molar-refractivity contribution in [1.82, 2.24) is 14.5 Å². The zero-order valence-corrected chi connectivity index (χ0v) is 12.4. The summed E-state index contributed by atoms with van der Waals surface area (Å²) in [6.45, 7) is 3.49. The average molecular weight is 299 g/mol. The van der Waals surface area contributed by atoms with E-state index in [1.54, 1.807) is 17.1 Å². The minimum atomic E-state index is -4.32. The Balaban J connectivity index is 1.95. The van der Waals surface area contributed by atoms with Gasteiger partial charge in [-0.15, -0.1) is 4.68 Å². The van der Waals surface area contributed by atoms with Crippen LogP contribution in [0.5, 0.6) is 0 Å². The van der Waals surface area contributed by atoms with E-state index >= 15 is 0 Å². The second-order valence-corrected chi connectivity index (χ2v) is 5.81. The first-order valence-electron chi connectivity index (χ1n) is 6.85. The summed E-state index contributed by atoms with van der Waals surface area (Å²) in [7, 11) is 3.35. The van der Waals surface area contributed by atoms with Crippen molar-refractivity contribution in [2.45, 2.75) is 38.4 Å². The monoisotopic (exact) mass is 299 g/mol. The maximum atomic E-state index is 13.1. The predicted octanol–water partition coefficient (Wildman–Crippen LogP) is 2.41. The Bertz CT molecular complexity index is 676. The van der Waals surface area contributed by atoms with Crippen molar-refractivity contribution in [3.8, 4) is 0 Å². The minimum absolute atomic E-state index is 0.0684. The summed E-state index contributed by atoms with van der Waals surface area (Å²) in [6.07, 6.45) is -0.0808. The first-order valence-corrected chi connectivity index (χ1v) is 6.85. The molecule has 0 amide bonds. The smallest absolute Gasteiger partial charge is 0.272 e. The first-order chi connectivity index (χ1) is 9.71. The van der Waals surface area contributed by atoms with Crippen LogP contribution >= 0.6 is 0 Å². The lowest BCUT2D eigenvalue weighted by Gasteiger charge is -2.06. The van der Waals surface area contributed by atoms with Crippen molar-refractivity contribution in [2.24, 2.45) is 14.1 Å². The Morgan fingerprint density at radius 3 is 2.38 bits per heavy atom. The molecule has 1 aliphatic carbocycles. The molecule has 7 heteroatoms. The van der Waals surface area contributed by atoms with Crippen LogP contribution in [-0.2, 0) is 20.3 Å². The number of halogens is 3. The van der Waals surface area contributed by atoms with Crippen LogP contribution in [0, 0.1) is 13.8 Å². The molecule has 2 aromatic heterocycles. The zero-order valence-electron chi connectivity index (χ0n) is 12.4. The average Bonchev–Trinajstić information content (AvgIpc) is 2.95. The molecule has 2 aromatic rings. The molecule has 3 rings (SSSR count). The normalized spacial score (nSPS) is 21.9. The second-order valence-electron chi connectivity index (χ2n) is 5.81. The van der Waals surface area contributed by atoms with Crippen molar-refractivity contribution in [3.05, 3.63) is 34.9 Å². The quantitative estimate of drug-likeness (QED) is 0.782. The number of nitrogens with zero attached hydrogens (tertiary/aromatic N) is 4. The van der Waals surface area contributed by atoms with Crippen molar-refractivity contribution in [2.75, 3.05) is 0 Å². The van der Waals surface area contributed by atoms with Crippen LogP contribution in [0.4, 0.5) is 13.2 Å². The molecule has 21 heavy (non-hydrogen) atoms. The summed E-state index contributed by atoms with van der Waals surface area (Å²) >= 11 is 0. The number of aryl methyl sites for hydroxylation is 3. The molecule has 0 aromatic carbocycles. The largest absolute Gasteiger partial charge is 0.437 e. The fraction of sp³-hybridized carbons (Fsp3) is 0.571. The van der Waals surface area contributed by atoms with Crippen LogP contribution in [0.15, 0.2) is 12.4 Å². The van der Waals surface area contributed by atoms with E-state index in [-0.39, 0.29) is 17.5 Å². The molecule has 1 saturated carbocycles. The highest BCUT2D eigenvalue weighted by Gasteiger charge is 2.53. The lowest BCUT2D eigenvalue weighted by molar-refractivity contribution is -0.778. The topological polar surface area (TPSA) is 26.6 Å². The molecule has 0 saturated heterocycles. The van der Waals surface area contributed by atoms with Crippen molar-refractivity contribution >= 4 is 0 Å². The summed E-state index contributed by atoms with van der Waals surface area (Å²) < 4.78 is 43.9. The maximum absolute atomic E-state index is 13.1. The molecule has 0 spiro atoms. The van der Waals surface area contributed by atoms with E-state index in [4.69, 9.17) is 0 Å². The molecule has 0 bridgehead atoms. The summed E-state index contributed by atoms with van der Waals surface area (Å²) in [5, 5.41) is 4.21. The Kier molecular flexibility index (Phi) is 2.93. The predicted molar refractivity (Wildman–Crippen MR) is 69.7 cm³/mol. The molecule has 0 radical (unpaired) electrons. The molecular weight excluding hydrogens is 281 g/mol. The van der Waals surface area contributed by atoms with Gasteiger partial charge in [0.1, 0.15) is 0 Å². The van der Waals surface area contributed by atoms with Crippen LogP contribution < -0.4 is 4.68 Å². The van der Waals surface area contributed by atoms with Gasteiger partial charge in [0.25, 0.3) is 0 Å². The molecule has 1 aliphatic rings. The van der Waals surface area contributed by atoms with E-state index in [2.05, 4.69) is 5.10 Å². The third-order valence-electron chi connectivity index (χ3n) is 4.26. The third-order valence-corrected chi connectivity index (χ3v) is 4.26. The highest BCUT2D eigenvalue weighted by Crippen LogP contribution is 2.49. The van der Waals surface area contributed by atoms with Crippen LogP contribution in [0.25, 0.3) is 0 Å². The van der Waals surface area contributed by atoms with E-state index in [9.17, 15) is 13.2 Å². The molecule has 2 heterocycles. The van der Waals surface area contributed by atoms with E-state index in [0.717, 1.165) is 17.7 Å². The van der Waals surface area contributed by atoms with Gasteiger partial charge in [-0.2, -0.15) is 23.0 Å². The summed E-state index contributed by atoms with van der Waals surface area (Å²) in [5.41, 5.74) is 1.89. The van der Waals surface area contributed by atoms with Gasteiger partial charge in [-0.05, 0) is 19.4 Å². The van der Waals surface area contributed by atoms with Crippen molar-refractivity contribution < 1.29 is 17.9 Å². The third kappa shape index (κ3) is 2.15. The van der Waals surface area contributed by atoms with E-state index in [0.29, 0.717) is 0 Å². The summed E-state index contributed by atoms with van der Waals surface area (Å²) in [4.78, 5) is 0. The van der Waals surface area contributed by atoms with Gasteiger partial charge in [0.15, 0.2) is 17.9 Å². The fourth-order valence-corrected chi connectivity index (χ4v) is 3.30. The van der Waals surface area contributed by atoms with Crippen LogP contribution in [0.1, 0.15) is 40.9 Å². The van der Waals surface area contributed by atoms with Gasteiger partial charge in [-0.25, -0.2) is 0 Å². The summed E-state index contributed by atoms with van der Waals surface area (Å²) in [6, 6.07) is 0.0684. The van der Waals surface area contributed by atoms with Crippen LogP contribution in [-0.4, -0.2) is 14.5 Å².